The number of carbonyl (C=O) groups is 2. The van der Waals surface area contributed by atoms with Crippen molar-refractivity contribution < 1.29 is 34.8 Å². The second kappa shape index (κ2) is 9.03. The van der Waals surface area contributed by atoms with Crippen LogP contribution >= 0.6 is 0 Å². The summed E-state index contributed by atoms with van der Waals surface area (Å²) in [6.45, 7) is 1.19. The third kappa shape index (κ3) is 4.43. The van der Waals surface area contributed by atoms with Gasteiger partial charge >= 0.3 is 0 Å². The Hall–Kier alpha value is -2.62. The lowest BCUT2D eigenvalue weighted by Gasteiger charge is -2.49. The van der Waals surface area contributed by atoms with E-state index in [4.69, 9.17) is 4.74 Å². The smallest absolute Gasteiger partial charge is 0.217 e. The summed E-state index contributed by atoms with van der Waals surface area (Å²) in [6.07, 6.45) is -7.14. The molecule has 0 aliphatic carbocycles. The second-order valence-electron chi connectivity index (χ2n) is 7.44. The first-order valence-electron chi connectivity index (χ1n) is 9.56. The number of ether oxygens (including phenoxy) is 1. The van der Waals surface area contributed by atoms with Gasteiger partial charge in [0.1, 0.15) is 23.9 Å². The van der Waals surface area contributed by atoms with Gasteiger partial charge in [-0.1, -0.05) is 60.7 Å². The van der Waals surface area contributed by atoms with Crippen LogP contribution in [0.5, 0.6) is 0 Å². The predicted molar refractivity (Wildman–Crippen MR) is 106 cm³/mol. The molecule has 0 spiro atoms. The Kier molecular flexibility index (Phi) is 6.64. The summed E-state index contributed by atoms with van der Waals surface area (Å²) in [5.41, 5.74) is -1.25. The lowest BCUT2D eigenvalue weighted by molar-refractivity contribution is -0.276. The first-order valence-corrected chi connectivity index (χ1v) is 9.56. The fourth-order valence-electron chi connectivity index (χ4n) is 3.73. The van der Waals surface area contributed by atoms with Gasteiger partial charge in [0, 0.05) is 13.3 Å². The Morgan fingerprint density at radius 2 is 1.63 bits per heavy atom. The Morgan fingerprint density at radius 3 is 2.20 bits per heavy atom. The second-order valence-corrected chi connectivity index (χ2v) is 7.44. The zero-order valence-electron chi connectivity index (χ0n) is 16.4. The molecule has 2 aromatic carbocycles. The van der Waals surface area contributed by atoms with E-state index in [1.54, 1.807) is 48.5 Å². The number of rotatable bonds is 6. The lowest BCUT2D eigenvalue weighted by atomic mass is 9.76. The number of Topliss-reactive ketones (excluding diaryl/α,β-unsaturated/α-hetero) is 1. The minimum Gasteiger partial charge on any atom is -0.387 e. The van der Waals surface area contributed by atoms with Crippen LogP contribution in [-0.2, 0) is 20.7 Å². The van der Waals surface area contributed by atoms with E-state index in [-0.39, 0.29) is 12.0 Å². The van der Waals surface area contributed by atoms with Crippen molar-refractivity contribution >= 4 is 11.7 Å². The summed E-state index contributed by atoms with van der Waals surface area (Å²) >= 11 is 0. The molecule has 1 amide bonds. The zero-order chi connectivity index (χ0) is 21.9. The molecule has 1 heterocycles. The van der Waals surface area contributed by atoms with Crippen molar-refractivity contribution in [1.82, 2.24) is 5.32 Å². The molecule has 6 atom stereocenters. The van der Waals surface area contributed by atoms with Crippen molar-refractivity contribution in [2.24, 2.45) is 0 Å². The highest BCUT2D eigenvalue weighted by Crippen LogP contribution is 2.34. The van der Waals surface area contributed by atoms with Crippen LogP contribution in [0.15, 0.2) is 60.7 Å². The number of ketones is 1. The van der Waals surface area contributed by atoms with Gasteiger partial charge < -0.3 is 30.5 Å². The molecule has 3 rings (SSSR count). The minimum absolute atomic E-state index is 0.175. The van der Waals surface area contributed by atoms with E-state index >= 15 is 0 Å². The van der Waals surface area contributed by atoms with Crippen LogP contribution in [0.4, 0.5) is 0 Å². The number of aliphatic hydroxyl groups excluding tert-OH is 3. The molecule has 1 aliphatic heterocycles. The molecule has 2 aromatic rings. The topological polar surface area (TPSA) is 136 Å². The predicted octanol–water partition coefficient (Wildman–Crippen LogP) is -0.154. The number of hydrogen-bond acceptors (Lipinski definition) is 7. The monoisotopic (exact) mass is 415 g/mol. The van der Waals surface area contributed by atoms with E-state index in [0.29, 0.717) is 5.56 Å². The van der Waals surface area contributed by atoms with E-state index < -0.39 is 47.9 Å². The third-order valence-corrected chi connectivity index (χ3v) is 5.26. The van der Waals surface area contributed by atoms with Gasteiger partial charge in [-0.2, -0.15) is 0 Å². The van der Waals surface area contributed by atoms with E-state index in [0.717, 1.165) is 0 Å². The number of benzene rings is 2. The SMILES string of the molecule is CC(=O)N[C@@H]1[C@@H](O)O[C@H](C(=O)C(O)c2ccccc2)[C@@H](O)[C@@]1(O)Cc1ccccc1. The quantitative estimate of drug-likeness (QED) is 0.442. The Balaban J connectivity index is 1.94. The van der Waals surface area contributed by atoms with Crippen molar-refractivity contribution in [2.45, 2.75) is 49.6 Å². The largest absolute Gasteiger partial charge is 0.387 e. The maximum Gasteiger partial charge on any atom is 0.217 e. The van der Waals surface area contributed by atoms with Crippen LogP contribution in [0.1, 0.15) is 24.2 Å². The fraction of sp³-hybridized carbons (Fsp3) is 0.364. The van der Waals surface area contributed by atoms with Gasteiger partial charge in [0.25, 0.3) is 0 Å². The van der Waals surface area contributed by atoms with E-state index in [1.165, 1.54) is 19.1 Å². The van der Waals surface area contributed by atoms with Crippen LogP contribution in [0.2, 0.25) is 0 Å². The minimum atomic E-state index is -2.14. The number of carbonyl (C=O) groups excluding carboxylic acids is 2. The van der Waals surface area contributed by atoms with E-state index in [9.17, 15) is 30.0 Å². The van der Waals surface area contributed by atoms with Gasteiger partial charge in [-0.25, -0.2) is 0 Å². The molecule has 160 valence electrons. The molecule has 1 aliphatic rings. The molecule has 0 aromatic heterocycles. The summed E-state index contributed by atoms with van der Waals surface area (Å²) in [7, 11) is 0. The van der Waals surface area contributed by atoms with Crippen LogP contribution in [0.25, 0.3) is 0 Å². The highest BCUT2D eigenvalue weighted by Gasteiger charge is 2.57. The molecule has 8 heteroatoms. The summed E-state index contributed by atoms with van der Waals surface area (Å²) < 4.78 is 5.27. The molecule has 0 bridgehead atoms. The first kappa shape index (κ1) is 22.1. The summed E-state index contributed by atoms with van der Waals surface area (Å²) in [6, 6.07) is 15.3. The van der Waals surface area contributed by atoms with Crippen LogP contribution in [-0.4, -0.2) is 62.3 Å². The van der Waals surface area contributed by atoms with Crippen LogP contribution in [0.3, 0.4) is 0 Å². The van der Waals surface area contributed by atoms with E-state index in [2.05, 4.69) is 5.32 Å². The molecule has 8 nitrogen and oxygen atoms in total. The van der Waals surface area contributed by atoms with Gasteiger partial charge in [-0.15, -0.1) is 0 Å². The van der Waals surface area contributed by atoms with Crippen molar-refractivity contribution in [2.75, 3.05) is 0 Å². The Bertz CT molecular complexity index is 876. The van der Waals surface area contributed by atoms with Gasteiger partial charge in [-0.3, -0.25) is 9.59 Å². The standard InChI is InChI=1S/C22H25NO7/c1-13(24)23-19-21(28)30-18(17(26)16(25)15-10-6-3-7-11-15)20(27)22(19,29)12-14-8-4-2-5-9-14/h2-11,16,18-21,25,27-29H,12H2,1H3,(H,23,24)/t16?,18-,19-,20-,21+,22-/m1/s1. The van der Waals surface area contributed by atoms with Crippen molar-refractivity contribution in [3.63, 3.8) is 0 Å². The van der Waals surface area contributed by atoms with Crippen molar-refractivity contribution in [1.29, 1.82) is 0 Å². The first-order chi connectivity index (χ1) is 14.2. The number of amides is 1. The normalized spacial score (nSPS) is 29.8. The lowest BCUT2D eigenvalue weighted by Crippen LogP contribution is -2.73. The molecule has 1 unspecified atom stereocenters. The zero-order valence-corrected chi connectivity index (χ0v) is 16.4. The summed E-state index contributed by atoms with van der Waals surface area (Å²) in [5, 5.41) is 45.7. The average molecular weight is 415 g/mol. The van der Waals surface area contributed by atoms with Gasteiger partial charge in [0.05, 0.1) is 0 Å². The number of aliphatic hydroxyl groups is 4. The molecule has 30 heavy (non-hydrogen) atoms. The van der Waals surface area contributed by atoms with Gasteiger partial charge in [-0.05, 0) is 11.1 Å². The molecule has 5 N–H and O–H groups in total. The number of hydrogen-bond donors (Lipinski definition) is 5. The molecular formula is C22H25NO7. The fourth-order valence-corrected chi connectivity index (χ4v) is 3.73. The van der Waals surface area contributed by atoms with E-state index in [1.807, 2.05) is 0 Å². The van der Waals surface area contributed by atoms with Gasteiger partial charge in [0.15, 0.2) is 18.2 Å². The Morgan fingerprint density at radius 1 is 1.07 bits per heavy atom. The molecule has 0 saturated carbocycles. The maximum absolute atomic E-state index is 12.9. The van der Waals surface area contributed by atoms with Gasteiger partial charge in [0.2, 0.25) is 5.91 Å². The van der Waals surface area contributed by atoms with Crippen LogP contribution in [0, 0.1) is 0 Å². The maximum atomic E-state index is 12.9. The van der Waals surface area contributed by atoms with Crippen molar-refractivity contribution in [3.8, 4) is 0 Å². The molecule has 0 radical (unpaired) electrons. The highest BCUT2D eigenvalue weighted by atomic mass is 16.6. The molecule has 1 saturated heterocycles. The van der Waals surface area contributed by atoms with Crippen molar-refractivity contribution in [3.05, 3.63) is 71.8 Å². The Labute approximate surface area is 173 Å². The number of nitrogens with one attached hydrogen (secondary N) is 1. The molecular weight excluding hydrogens is 390 g/mol. The summed E-state index contributed by atoms with van der Waals surface area (Å²) in [4.78, 5) is 24.5. The molecule has 1 fully saturated rings. The highest BCUT2D eigenvalue weighted by molar-refractivity contribution is 5.89. The summed E-state index contributed by atoms with van der Waals surface area (Å²) in [5.74, 6) is -1.48. The third-order valence-electron chi connectivity index (χ3n) is 5.26. The average Bonchev–Trinajstić information content (AvgIpc) is 2.74. The van der Waals surface area contributed by atoms with Crippen LogP contribution < -0.4 is 5.32 Å².